The highest BCUT2D eigenvalue weighted by atomic mass is 16.7. The lowest BCUT2D eigenvalue weighted by Gasteiger charge is -2.42. The Morgan fingerprint density at radius 1 is 0.500 bits per heavy atom. The van der Waals surface area contributed by atoms with Crippen molar-refractivity contribution >= 4 is 11.9 Å². The lowest BCUT2D eigenvalue weighted by atomic mass is 9.98. The topological polar surface area (TPSA) is 231 Å². The highest BCUT2D eigenvalue weighted by molar-refractivity contribution is 5.70. The van der Waals surface area contributed by atoms with Crippen LogP contribution in [0.2, 0.25) is 0 Å². The van der Waals surface area contributed by atoms with Gasteiger partial charge in [-0.3, -0.25) is 9.59 Å². The van der Waals surface area contributed by atoms with E-state index in [1.54, 1.807) is 0 Å². The van der Waals surface area contributed by atoms with Gasteiger partial charge in [0.25, 0.3) is 0 Å². The Hall–Kier alpha value is -1.50. The number of aliphatic hydroxyl groups is 7. The summed E-state index contributed by atoms with van der Waals surface area (Å²) in [5.41, 5.74) is 0. The van der Waals surface area contributed by atoms with E-state index in [0.29, 0.717) is 12.8 Å². The van der Waals surface area contributed by atoms with Gasteiger partial charge in [0, 0.05) is 12.8 Å². The Balaban J connectivity index is 1.83. The summed E-state index contributed by atoms with van der Waals surface area (Å²) in [6, 6.07) is 0. The summed E-state index contributed by atoms with van der Waals surface area (Å²) in [5, 5.41) is 71.9. The molecule has 366 valence electrons. The van der Waals surface area contributed by atoms with Gasteiger partial charge in [0.2, 0.25) is 0 Å². The Kier molecular flexibility index (Phi) is 32.6. The number of hydrogen-bond acceptors (Lipinski definition) is 15. The third-order valence-electron chi connectivity index (χ3n) is 11.9. The molecule has 2 rings (SSSR count). The fourth-order valence-electron chi connectivity index (χ4n) is 7.83. The molecule has 0 aliphatic carbocycles. The molecule has 15 heteroatoms. The average Bonchev–Trinajstić information content (AvgIpc) is 3.26. The van der Waals surface area contributed by atoms with E-state index in [4.69, 9.17) is 28.4 Å². The van der Waals surface area contributed by atoms with Gasteiger partial charge in [-0.05, 0) is 6.42 Å². The maximum absolute atomic E-state index is 12.9. The van der Waals surface area contributed by atoms with Gasteiger partial charge in [-0.2, -0.15) is 12.8 Å². The van der Waals surface area contributed by atoms with Crippen LogP contribution in [0.15, 0.2) is 0 Å². The van der Waals surface area contributed by atoms with Crippen LogP contribution in [0.3, 0.4) is 0 Å². The van der Waals surface area contributed by atoms with Gasteiger partial charge < -0.3 is 70.6 Å². The van der Waals surface area contributed by atoms with Gasteiger partial charge in [0.05, 0.1) is 19.8 Å². The molecule has 0 spiro atoms. The minimum atomic E-state index is -1.76. The van der Waals surface area contributed by atoms with Crippen LogP contribution >= 0.6 is 0 Å². The minimum absolute atomic E-state index is 0.141. The number of aliphatic hydroxyl groups excluding tert-OH is 7. The number of ether oxygens (including phenoxy) is 6. The predicted molar refractivity (Wildman–Crippen MR) is 233 cm³/mol. The van der Waals surface area contributed by atoms with Gasteiger partial charge >= 0.3 is 11.9 Å². The summed E-state index contributed by atoms with van der Waals surface area (Å²) in [6.07, 6.45) is 14.8. The Morgan fingerprint density at radius 2 is 0.935 bits per heavy atom. The first-order valence-electron chi connectivity index (χ1n) is 24.4. The van der Waals surface area contributed by atoms with E-state index in [1.165, 1.54) is 109 Å². The zero-order chi connectivity index (χ0) is 45.4. The van der Waals surface area contributed by atoms with Crippen molar-refractivity contribution in [3.8, 4) is 0 Å². The summed E-state index contributed by atoms with van der Waals surface area (Å²) in [4.78, 5) is 25.6. The first kappa shape index (κ1) is 56.6. The number of carbonyl (C=O) groups excluding carboxylic acids is 2. The Labute approximate surface area is 372 Å². The number of hydrogen-bond donors (Lipinski definition) is 7. The SMILES string of the molecule is CCCCCCCCCCC[CH-]CCCC(=O)O[C@H](COC(=O)CCCCCCCCCCCCCCC)CO[C@@H]1O[C@H](CO[C@H]2O[C@H](CO)[C@H](O)[C@H](O)[C@H]2O)[C@H](O)[C@H](O)[C@H]1O. The molecule has 11 atom stereocenters. The van der Waals surface area contributed by atoms with Crippen molar-refractivity contribution in [1.82, 2.24) is 0 Å². The molecule has 2 aliphatic heterocycles. The fourth-order valence-corrected chi connectivity index (χ4v) is 7.83. The second-order valence-electron chi connectivity index (χ2n) is 17.5. The Bertz CT molecular complexity index is 1100. The van der Waals surface area contributed by atoms with Crippen LogP contribution in [0.5, 0.6) is 0 Å². The summed E-state index contributed by atoms with van der Waals surface area (Å²) in [5.74, 6) is -0.938. The van der Waals surface area contributed by atoms with Gasteiger partial charge in [-0.1, -0.05) is 155 Å². The molecular formula is C47H87O15-. The van der Waals surface area contributed by atoms with Crippen LogP contribution in [0.25, 0.3) is 0 Å². The standard InChI is InChI=1S/C47H87O15/c1-3-5-7-9-11-13-15-17-19-21-23-25-27-29-38(49)57-32-35(60-39(50)30-28-26-24-22-20-18-16-14-12-10-8-6-4-2)33-58-46-45(56)43(54)41(52)37(62-46)34-59-47-44(55)42(53)40(51)36(31-48)61-47/h24,35-37,40-48,51-56H,3-23,25-34H2,1-2H3/q-1/t35-,36-,37-,40+,41+,42+,43+,44-,45-,46-,47+/m1/s1. The number of unbranched alkanes of at least 4 members (excludes halogenated alkanes) is 24. The first-order valence-corrected chi connectivity index (χ1v) is 24.4. The molecule has 0 unspecified atom stereocenters. The van der Waals surface area contributed by atoms with Crippen molar-refractivity contribution in [3.05, 3.63) is 6.42 Å². The average molecular weight is 892 g/mol. The van der Waals surface area contributed by atoms with Crippen molar-refractivity contribution < 1.29 is 73.8 Å². The molecule has 15 nitrogen and oxygen atoms in total. The highest BCUT2D eigenvalue weighted by Crippen LogP contribution is 2.26. The molecule has 2 fully saturated rings. The van der Waals surface area contributed by atoms with Crippen LogP contribution in [-0.2, 0) is 38.0 Å². The van der Waals surface area contributed by atoms with Gasteiger partial charge in [0.1, 0.15) is 55.4 Å². The largest absolute Gasteiger partial charge is 0.462 e. The lowest BCUT2D eigenvalue weighted by molar-refractivity contribution is -0.332. The van der Waals surface area contributed by atoms with Crippen molar-refractivity contribution in [1.29, 1.82) is 0 Å². The molecule has 2 saturated heterocycles. The molecule has 2 heterocycles. The number of esters is 2. The molecule has 0 radical (unpaired) electrons. The number of carbonyl (C=O) groups is 2. The molecular weight excluding hydrogens is 805 g/mol. The molecule has 0 aromatic heterocycles. The third kappa shape index (κ3) is 24.1. The highest BCUT2D eigenvalue weighted by Gasteiger charge is 2.47. The molecule has 0 aromatic rings. The minimum Gasteiger partial charge on any atom is -0.462 e. The smallest absolute Gasteiger partial charge is 0.306 e. The van der Waals surface area contributed by atoms with E-state index in [9.17, 15) is 45.3 Å². The predicted octanol–water partition coefficient (Wildman–Crippen LogP) is 5.86. The van der Waals surface area contributed by atoms with Crippen LogP contribution in [0.4, 0.5) is 0 Å². The lowest BCUT2D eigenvalue weighted by Crippen LogP contribution is -2.61. The molecule has 2 aliphatic rings. The summed E-state index contributed by atoms with van der Waals surface area (Å²) < 4.78 is 33.5. The van der Waals surface area contributed by atoms with E-state index < -0.39 is 92.7 Å². The van der Waals surface area contributed by atoms with Crippen molar-refractivity contribution in [2.24, 2.45) is 0 Å². The van der Waals surface area contributed by atoms with Crippen LogP contribution in [0, 0.1) is 6.42 Å². The fraction of sp³-hybridized carbons (Fsp3) is 0.936. The summed E-state index contributed by atoms with van der Waals surface area (Å²) >= 11 is 0. The maximum atomic E-state index is 12.9. The maximum Gasteiger partial charge on any atom is 0.306 e. The number of rotatable bonds is 38. The van der Waals surface area contributed by atoms with Gasteiger partial charge in [0.15, 0.2) is 18.7 Å². The molecule has 0 amide bonds. The zero-order valence-corrected chi connectivity index (χ0v) is 38.2. The quantitative estimate of drug-likeness (QED) is 0.0219. The molecule has 0 aromatic carbocycles. The molecule has 7 N–H and O–H groups in total. The summed E-state index contributed by atoms with van der Waals surface area (Å²) in [7, 11) is 0. The van der Waals surface area contributed by atoms with E-state index in [-0.39, 0.29) is 26.1 Å². The second-order valence-corrected chi connectivity index (χ2v) is 17.5. The second kappa shape index (κ2) is 35.7. The van der Waals surface area contributed by atoms with Gasteiger partial charge in [-0.15, -0.1) is 0 Å². The monoisotopic (exact) mass is 892 g/mol. The first-order chi connectivity index (χ1) is 30.0. The summed E-state index contributed by atoms with van der Waals surface area (Å²) in [6.45, 7) is 2.58. The Morgan fingerprint density at radius 3 is 1.47 bits per heavy atom. The van der Waals surface area contributed by atoms with Crippen molar-refractivity contribution in [2.75, 3.05) is 26.4 Å². The van der Waals surface area contributed by atoms with Gasteiger partial charge in [-0.25, -0.2) is 0 Å². The van der Waals surface area contributed by atoms with Crippen molar-refractivity contribution in [2.45, 2.75) is 255 Å². The van der Waals surface area contributed by atoms with E-state index >= 15 is 0 Å². The van der Waals surface area contributed by atoms with Crippen molar-refractivity contribution in [3.63, 3.8) is 0 Å². The van der Waals surface area contributed by atoms with Crippen LogP contribution in [-0.4, -0.2) is 142 Å². The van der Waals surface area contributed by atoms with E-state index in [1.807, 2.05) is 0 Å². The molecule has 0 saturated carbocycles. The van der Waals surface area contributed by atoms with Crippen LogP contribution in [0.1, 0.15) is 187 Å². The molecule has 0 bridgehead atoms. The molecule has 62 heavy (non-hydrogen) atoms. The normalized spacial score (nSPS) is 27.0. The van der Waals surface area contributed by atoms with E-state index in [2.05, 4.69) is 20.3 Å². The third-order valence-corrected chi connectivity index (χ3v) is 11.9. The zero-order valence-electron chi connectivity index (χ0n) is 38.2. The van der Waals surface area contributed by atoms with Crippen LogP contribution < -0.4 is 0 Å². The van der Waals surface area contributed by atoms with E-state index in [0.717, 1.165) is 38.5 Å².